The van der Waals surface area contributed by atoms with Crippen LogP contribution in [0.25, 0.3) is 0 Å². The van der Waals surface area contributed by atoms with Gasteiger partial charge in [-0.25, -0.2) is 0 Å². The largest absolute Gasteiger partial charge is 0.348 e. The monoisotopic (exact) mass is 411 g/mol. The van der Waals surface area contributed by atoms with Crippen LogP contribution in [0.1, 0.15) is 24.0 Å². The van der Waals surface area contributed by atoms with Gasteiger partial charge in [0.15, 0.2) is 0 Å². The highest BCUT2D eigenvalue weighted by molar-refractivity contribution is 6.39. The lowest BCUT2D eigenvalue weighted by molar-refractivity contribution is -0.384. The van der Waals surface area contributed by atoms with Crippen LogP contribution >= 0.6 is 0 Å². The molecule has 9 nitrogen and oxygen atoms in total. The number of carbonyl (C=O) groups is 2. The van der Waals surface area contributed by atoms with Crippen LogP contribution in [-0.4, -0.2) is 46.3 Å². The molecule has 0 radical (unpaired) electrons. The molecule has 158 valence electrons. The standard InChI is InChI=1S/C21H25N5O4/c1-15-4-5-18(19(11-15)26(29)30)24-21(28)20(27)23-13-16-6-9-25(10-7-16)14-17-3-2-8-22-12-17/h2-5,8,11-12,16H,6-7,9-10,13-14H2,1H3,(H,23,27)(H,24,28). The maximum Gasteiger partial charge on any atom is 0.313 e. The average molecular weight is 411 g/mol. The van der Waals surface area contributed by atoms with Crippen molar-refractivity contribution < 1.29 is 14.5 Å². The predicted molar refractivity (Wildman–Crippen MR) is 112 cm³/mol. The minimum Gasteiger partial charge on any atom is -0.348 e. The minimum atomic E-state index is -0.907. The number of nitro benzene ring substituents is 1. The summed E-state index contributed by atoms with van der Waals surface area (Å²) in [6.07, 6.45) is 5.46. The van der Waals surface area contributed by atoms with Gasteiger partial charge in [0.25, 0.3) is 5.69 Å². The van der Waals surface area contributed by atoms with Crippen molar-refractivity contribution in [1.29, 1.82) is 0 Å². The third-order valence-corrected chi connectivity index (χ3v) is 5.19. The number of pyridine rings is 1. The highest BCUT2D eigenvalue weighted by Gasteiger charge is 2.23. The summed E-state index contributed by atoms with van der Waals surface area (Å²) in [6, 6.07) is 8.40. The van der Waals surface area contributed by atoms with Crippen molar-refractivity contribution in [2.45, 2.75) is 26.3 Å². The van der Waals surface area contributed by atoms with E-state index in [1.54, 1.807) is 19.2 Å². The minimum absolute atomic E-state index is 0.00876. The zero-order valence-corrected chi connectivity index (χ0v) is 16.8. The maximum atomic E-state index is 12.1. The zero-order chi connectivity index (χ0) is 21.5. The normalized spacial score (nSPS) is 14.8. The number of hydrogen-bond acceptors (Lipinski definition) is 6. The number of anilines is 1. The molecule has 1 aliphatic rings. The third-order valence-electron chi connectivity index (χ3n) is 5.19. The lowest BCUT2D eigenvalue weighted by atomic mass is 9.96. The highest BCUT2D eigenvalue weighted by Crippen LogP contribution is 2.25. The van der Waals surface area contributed by atoms with Crippen molar-refractivity contribution in [3.8, 4) is 0 Å². The fraction of sp³-hybridized carbons (Fsp3) is 0.381. The molecule has 1 fully saturated rings. The lowest BCUT2D eigenvalue weighted by Gasteiger charge is -2.31. The second-order valence-corrected chi connectivity index (χ2v) is 7.52. The van der Waals surface area contributed by atoms with Gasteiger partial charge in [-0.3, -0.25) is 29.6 Å². The van der Waals surface area contributed by atoms with Crippen LogP contribution in [0.5, 0.6) is 0 Å². The Balaban J connectivity index is 1.44. The van der Waals surface area contributed by atoms with Gasteiger partial charge in [0.2, 0.25) is 0 Å². The molecule has 2 N–H and O–H groups in total. The molecule has 0 aliphatic carbocycles. The number of aryl methyl sites for hydroxylation is 1. The van der Waals surface area contributed by atoms with Crippen LogP contribution in [0, 0.1) is 23.0 Å². The molecule has 2 aromatic rings. The summed E-state index contributed by atoms with van der Waals surface area (Å²) in [5, 5.41) is 16.1. The molecule has 9 heteroatoms. The molecule has 2 heterocycles. The summed E-state index contributed by atoms with van der Waals surface area (Å²) in [6.45, 7) is 4.80. The Morgan fingerprint density at radius 1 is 1.23 bits per heavy atom. The van der Waals surface area contributed by atoms with E-state index < -0.39 is 16.7 Å². The van der Waals surface area contributed by atoms with Gasteiger partial charge in [0.1, 0.15) is 5.69 Å². The van der Waals surface area contributed by atoms with Crippen molar-refractivity contribution in [1.82, 2.24) is 15.2 Å². The average Bonchev–Trinajstić information content (AvgIpc) is 2.74. The van der Waals surface area contributed by atoms with Crippen LogP contribution in [-0.2, 0) is 16.1 Å². The van der Waals surface area contributed by atoms with E-state index in [2.05, 4.69) is 26.6 Å². The first-order valence-corrected chi connectivity index (χ1v) is 9.88. The molecule has 30 heavy (non-hydrogen) atoms. The van der Waals surface area contributed by atoms with Gasteiger partial charge in [0.05, 0.1) is 4.92 Å². The second-order valence-electron chi connectivity index (χ2n) is 7.52. The Labute approximate surface area is 174 Å². The fourth-order valence-corrected chi connectivity index (χ4v) is 3.49. The molecule has 0 spiro atoms. The lowest BCUT2D eigenvalue weighted by Crippen LogP contribution is -2.41. The number of carbonyl (C=O) groups excluding carboxylic acids is 2. The van der Waals surface area contributed by atoms with Gasteiger partial charge in [-0.05, 0) is 62.0 Å². The van der Waals surface area contributed by atoms with Gasteiger partial charge in [-0.2, -0.15) is 0 Å². The summed E-state index contributed by atoms with van der Waals surface area (Å²) >= 11 is 0. The molecule has 1 aromatic carbocycles. The maximum absolute atomic E-state index is 12.1. The molecule has 1 aliphatic heterocycles. The van der Waals surface area contributed by atoms with Gasteiger partial charge in [0, 0.05) is 31.5 Å². The van der Waals surface area contributed by atoms with Crippen molar-refractivity contribution in [3.05, 3.63) is 64.0 Å². The van der Waals surface area contributed by atoms with E-state index in [-0.39, 0.29) is 11.4 Å². The van der Waals surface area contributed by atoms with Gasteiger partial charge >= 0.3 is 11.8 Å². The van der Waals surface area contributed by atoms with Crippen molar-refractivity contribution >= 4 is 23.2 Å². The van der Waals surface area contributed by atoms with E-state index >= 15 is 0 Å². The number of likely N-dealkylation sites (tertiary alicyclic amines) is 1. The summed E-state index contributed by atoms with van der Waals surface area (Å²) in [5.74, 6) is -1.40. The van der Waals surface area contributed by atoms with E-state index in [4.69, 9.17) is 0 Å². The first-order valence-electron chi connectivity index (χ1n) is 9.88. The number of aromatic nitrogens is 1. The molecular weight excluding hydrogens is 386 g/mol. The number of nitrogens with zero attached hydrogens (tertiary/aromatic N) is 3. The SMILES string of the molecule is Cc1ccc(NC(=O)C(=O)NCC2CCN(Cc3cccnc3)CC2)c([N+](=O)[O-])c1. The molecule has 0 bridgehead atoms. The van der Waals surface area contributed by atoms with Crippen LogP contribution in [0.2, 0.25) is 0 Å². The molecule has 0 saturated carbocycles. The number of amides is 2. The summed E-state index contributed by atoms with van der Waals surface area (Å²) in [5.41, 5.74) is 1.64. The summed E-state index contributed by atoms with van der Waals surface area (Å²) < 4.78 is 0. The van der Waals surface area contributed by atoms with E-state index in [1.165, 1.54) is 17.7 Å². The van der Waals surface area contributed by atoms with Crippen LogP contribution in [0.15, 0.2) is 42.7 Å². The van der Waals surface area contributed by atoms with E-state index in [1.807, 2.05) is 12.3 Å². The first kappa shape index (κ1) is 21.4. The Kier molecular flexibility index (Phi) is 7.08. The second kappa shape index (κ2) is 9.93. The molecule has 1 aromatic heterocycles. The first-order chi connectivity index (χ1) is 14.4. The number of benzene rings is 1. The number of piperidine rings is 1. The number of hydrogen-bond donors (Lipinski definition) is 2. The van der Waals surface area contributed by atoms with E-state index in [9.17, 15) is 19.7 Å². The molecule has 1 saturated heterocycles. The van der Waals surface area contributed by atoms with E-state index in [0.29, 0.717) is 18.0 Å². The quantitative estimate of drug-likeness (QED) is 0.428. The fourth-order valence-electron chi connectivity index (χ4n) is 3.49. The zero-order valence-electron chi connectivity index (χ0n) is 16.8. The topological polar surface area (TPSA) is 117 Å². The predicted octanol–water partition coefficient (Wildman–Crippen LogP) is 2.27. The van der Waals surface area contributed by atoms with E-state index in [0.717, 1.165) is 32.5 Å². The van der Waals surface area contributed by atoms with Gasteiger partial charge < -0.3 is 10.6 Å². The van der Waals surface area contributed by atoms with Gasteiger partial charge in [-0.1, -0.05) is 12.1 Å². The highest BCUT2D eigenvalue weighted by atomic mass is 16.6. The van der Waals surface area contributed by atoms with Crippen molar-refractivity contribution in [2.75, 3.05) is 25.0 Å². The Morgan fingerprint density at radius 3 is 2.67 bits per heavy atom. The summed E-state index contributed by atoms with van der Waals surface area (Å²) in [4.78, 5) is 41.3. The van der Waals surface area contributed by atoms with Crippen molar-refractivity contribution in [3.63, 3.8) is 0 Å². The smallest absolute Gasteiger partial charge is 0.313 e. The molecule has 0 unspecified atom stereocenters. The number of nitrogens with one attached hydrogen (secondary N) is 2. The molecule has 3 rings (SSSR count). The van der Waals surface area contributed by atoms with Crippen LogP contribution < -0.4 is 10.6 Å². The van der Waals surface area contributed by atoms with Crippen LogP contribution in [0.3, 0.4) is 0 Å². The van der Waals surface area contributed by atoms with Crippen molar-refractivity contribution in [2.24, 2.45) is 5.92 Å². The summed E-state index contributed by atoms with van der Waals surface area (Å²) in [7, 11) is 0. The third kappa shape index (κ3) is 5.84. The Morgan fingerprint density at radius 2 is 2.00 bits per heavy atom. The molecule has 0 atom stereocenters. The Bertz CT molecular complexity index is 911. The number of rotatable bonds is 6. The molecular formula is C21H25N5O4. The molecule has 2 amide bonds. The Hall–Kier alpha value is -3.33. The number of nitro groups is 1. The van der Waals surface area contributed by atoms with Crippen LogP contribution in [0.4, 0.5) is 11.4 Å². The van der Waals surface area contributed by atoms with Gasteiger partial charge in [-0.15, -0.1) is 0 Å².